The third-order valence-electron chi connectivity index (χ3n) is 4.78. The largest absolute Gasteiger partial charge is 0.495 e. The second-order valence-corrected chi connectivity index (χ2v) is 6.43. The summed E-state index contributed by atoms with van der Waals surface area (Å²) in [5.74, 6) is 0.913. The summed E-state index contributed by atoms with van der Waals surface area (Å²) in [5, 5.41) is 3.38. The molecule has 0 radical (unpaired) electrons. The molecule has 0 aliphatic carbocycles. The molecule has 2 aromatic rings. The fourth-order valence-electron chi connectivity index (χ4n) is 3.39. The third kappa shape index (κ3) is 3.52. The summed E-state index contributed by atoms with van der Waals surface area (Å²) in [7, 11) is 0. The minimum absolute atomic E-state index is 0.618. The quantitative estimate of drug-likeness (QED) is 0.805. The number of morpholine rings is 1. The van der Waals surface area contributed by atoms with Gasteiger partial charge >= 0.3 is 0 Å². The Balaban J connectivity index is 1.44. The van der Waals surface area contributed by atoms with E-state index < -0.39 is 0 Å². The highest BCUT2D eigenvalue weighted by Crippen LogP contribution is 2.23. The van der Waals surface area contributed by atoms with Crippen LogP contribution >= 0.6 is 0 Å². The van der Waals surface area contributed by atoms with Crippen LogP contribution in [0, 0.1) is 0 Å². The van der Waals surface area contributed by atoms with Crippen LogP contribution < -0.4 is 5.32 Å². The molecule has 0 spiro atoms. The first-order valence-electron chi connectivity index (χ1n) is 8.98. The molecule has 0 unspecified atom stereocenters. The van der Waals surface area contributed by atoms with E-state index in [1.54, 1.807) is 0 Å². The van der Waals surface area contributed by atoms with Crippen molar-refractivity contribution in [2.75, 3.05) is 46.0 Å². The summed E-state index contributed by atoms with van der Waals surface area (Å²) in [5.41, 5.74) is 3.50. The van der Waals surface area contributed by atoms with Crippen molar-refractivity contribution in [1.82, 2.24) is 14.6 Å². The molecule has 1 saturated heterocycles. The van der Waals surface area contributed by atoms with Crippen molar-refractivity contribution in [2.24, 2.45) is 0 Å². The predicted octanol–water partition coefficient (Wildman–Crippen LogP) is 1.93. The SMILES string of the molecule is O=Cc1cc2ccccn2c1C1=CC=C(OCCN2CCOCC2)CN1. The Morgan fingerprint density at radius 3 is 2.88 bits per heavy atom. The smallest absolute Gasteiger partial charge is 0.152 e. The highest BCUT2D eigenvalue weighted by atomic mass is 16.5. The number of hydrogen-bond donors (Lipinski definition) is 1. The lowest BCUT2D eigenvalue weighted by Crippen LogP contribution is -2.38. The number of carbonyl (C=O) groups excluding carboxylic acids is 1. The fourth-order valence-corrected chi connectivity index (χ4v) is 3.39. The van der Waals surface area contributed by atoms with Crippen LogP contribution in [0.15, 0.2) is 48.4 Å². The van der Waals surface area contributed by atoms with Crippen LogP contribution in [0.5, 0.6) is 0 Å². The molecule has 0 saturated carbocycles. The number of rotatable bonds is 6. The van der Waals surface area contributed by atoms with Gasteiger partial charge in [0, 0.05) is 36.9 Å². The van der Waals surface area contributed by atoms with Crippen LogP contribution in [0.1, 0.15) is 16.1 Å². The lowest BCUT2D eigenvalue weighted by atomic mass is 10.1. The zero-order valence-electron chi connectivity index (χ0n) is 14.7. The minimum Gasteiger partial charge on any atom is -0.495 e. The Hall–Kier alpha value is -2.57. The number of nitrogens with one attached hydrogen (secondary N) is 1. The fraction of sp³-hybridized carbons (Fsp3) is 0.350. The van der Waals surface area contributed by atoms with E-state index in [2.05, 4.69) is 10.2 Å². The highest BCUT2D eigenvalue weighted by Gasteiger charge is 2.16. The van der Waals surface area contributed by atoms with Gasteiger partial charge in [-0.1, -0.05) is 6.07 Å². The standard InChI is InChI=1S/C20H23N3O3/c24-15-16-13-17-3-1-2-6-23(17)20(16)19-5-4-18(14-21-19)26-12-9-22-7-10-25-11-8-22/h1-6,13,15,21H,7-12,14H2. The van der Waals surface area contributed by atoms with Crippen LogP contribution in [-0.2, 0) is 9.47 Å². The molecule has 1 fully saturated rings. The van der Waals surface area contributed by atoms with Gasteiger partial charge in [0.2, 0.25) is 0 Å². The Kier molecular flexibility index (Phi) is 5.04. The van der Waals surface area contributed by atoms with Gasteiger partial charge in [-0.2, -0.15) is 0 Å². The summed E-state index contributed by atoms with van der Waals surface area (Å²) in [6.45, 7) is 5.76. The zero-order valence-corrected chi connectivity index (χ0v) is 14.7. The monoisotopic (exact) mass is 353 g/mol. The van der Waals surface area contributed by atoms with Crippen molar-refractivity contribution in [2.45, 2.75) is 0 Å². The number of allylic oxidation sites excluding steroid dienone is 2. The van der Waals surface area contributed by atoms with E-state index in [0.29, 0.717) is 18.7 Å². The molecule has 0 amide bonds. The molecule has 0 atom stereocenters. The molecule has 0 aromatic carbocycles. The first-order chi connectivity index (χ1) is 12.8. The maximum Gasteiger partial charge on any atom is 0.152 e. The molecule has 1 N–H and O–H groups in total. The van der Waals surface area contributed by atoms with Crippen molar-refractivity contribution in [1.29, 1.82) is 0 Å². The Labute approximate surface area is 152 Å². The number of fused-ring (bicyclic) bond motifs is 1. The van der Waals surface area contributed by atoms with Gasteiger partial charge in [-0.15, -0.1) is 0 Å². The van der Waals surface area contributed by atoms with Crippen LogP contribution in [0.4, 0.5) is 0 Å². The van der Waals surface area contributed by atoms with E-state index in [9.17, 15) is 4.79 Å². The lowest BCUT2D eigenvalue weighted by molar-refractivity contribution is 0.0273. The summed E-state index contributed by atoms with van der Waals surface area (Å²) in [6.07, 6.45) is 6.85. The van der Waals surface area contributed by atoms with Gasteiger partial charge in [-0.25, -0.2) is 0 Å². The van der Waals surface area contributed by atoms with Crippen LogP contribution in [-0.4, -0.2) is 61.6 Å². The van der Waals surface area contributed by atoms with Crippen molar-refractivity contribution >= 4 is 17.5 Å². The normalized spacial score (nSPS) is 18.2. The van der Waals surface area contributed by atoms with Crippen molar-refractivity contribution < 1.29 is 14.3 Å². The average molecular weight is 353 g/mol. The first-order valence-corrected chi connectivity index (χ1v) is 8.98. The summed E-state index contributed by atoms with van der Waals surface area (Å²) < 4.78 is 13.3. The first kappa shape index (κ1) is 16.9. The summed E-state index contributed by atoms with van der Waals surface area (Å²) in [4.78, 5) is 13.8. The Bertz CT molecular complexity index is 847. The van der Waals surface area contributed by atoms with E-state index in [1.165, 1.54) is 0 Å². The number of carbonyl (C=O) groups is 1. The number of pyridine rings is 1. The molecule has 26 heavy (non-hydrogen) atoms. The number of nitrogens with zero attached hydrogens (tertiary/aromatic N) is 2. The molecule has 2 aliphatic heterocycles. The molecular weight excluding hydrogens is 330 g/mol. The molecule has 2 aromatic heterocycles. The summed E-state index contributed by atoms with van der Waals surface area (Å²) in [6, 6.07) is 7.83. The molecule has 6 heteroatoms. The van der Waals surface area contributed by atoms with Crippen molar-refractivity contribution in [3.8, 4) is 0 Å². The molecule has 2 aliphatic rings. The number of ether oxygens (including phenoxy) is 2. The summed E-state index contributed by atoms with van der Waals surface area (Å²) >= 11 is 0. The number of dihydropyridines is 1. The number of aromatic nitrogens is 1. The van der Waals surface area contributed by atoms with Crippen LogP contribution in [0.2, 0.25) is 0 Å². The maximum atomic E-state index is 11.5. The average Bonchev–Trinajstić information content (AvgIpc) is 3.08. The van der Waals surface area contributed by atoms with Gasteiger partial charge in [0.05, 0.1) is 31.1 Å². The topological polar surface area (TPSA) is 55.2 Å². The highest BCUT2D eigenvalue weighted by molar-refractivity contribution is 5.88. The van der Waals surface area contributed by atoms with E-state index in [0.717, 1.165) is 61.8 Å². The van der Waals surface area contributed by atoms with Gasteiger partial charge in [0.1, 0.15) is 12.4 Å². The molecule has 4 heterocycles. The minimum atomic E-state index is 0.618. The number of aldehydes is 1. The predicted molar refractivity (Wildman–Crippen MR) is 100 cm³/mol. The molecule has 136 valence electrons. The zero-order chi connectivity index (χ0) is 17.8. The van der Waals surface area contributed by atoms with E-state index in [1.807, 2.05) is 47.0 Å². The molecule has 4 rings (SSSR count). The Morgan fingerprint density at radius 2 is 2.12 bits per heavy atom. The van der Waals surface area contributed by atoms with E-state index in [-0.39, 0.29) is 0 Å². The van der Waals surface area contributed by atoms with Gasteiger partial charge in [0.25, 0.3) is 0 Å². The Morgan fingerprint density at radius 1 is 1.23 bits per heavy atom. The van der Waals surface area contributed by atoms with Gasteiger partial charge < -0.3 is 19.2 Å². The van der Waals surface area contributed by atoms with Gasteiger partial charge in [0.15, 0.2) is 6.29 Å². The van der Waals surface area contributed by atoms with Crippen molar-refractivity contribution in [3.05, 3.63) is 59.6 Å². The second-order valence-electron chi connectivity index (χ2n) is 6.43. The van der Waals surface area contributed by atoms with Gasteiger partial charge in [-0.3, -0.25) is 9.69 Å². The van der Waals surface area contributed by atoms with Crippen molar-refractivity contribution in [3.63, 3.8) is 0 Å². The van der Waals surface area contributed by atoms with Crippen LogP contribution in [0.3, 0.4) is 0 Å². The molecule has 6 nitrogen and oxygen atoms in total. The number of hydrogen-bond acceptors (Lipinski definition) is 5. The van der Waals surface area contributed by atoms with Crippen LogP contribution in [0.25, 0.3) is 11.2 Å². The van der Waals surface area contributed by atoms with Gasteiger partial charge in [-0.05, 0) is 30.4 Å². The second kappa shape index (κ2) is 7.76. The van der Waals surface area contributed by atoms with E-state index in [4.69, 9.17) is 9.47 Å². The third-order valence-corrected chi connectivity index (χ3v) is 4.78. The maximum absolute atomic E-state index is 11.5. The van der Waals surface area contributed by atoms with E-state index >= 15 is 0 Å². The lowest BCUT2D eigenvalue weighted by Gasteiger charge is -2.27. The molecular formula is C20H23N3O3. The molecule has 0 bridgehead atoms.